The van der Waals surface area contributed by atoms with Crippen molar-refractivity contribution in [2.24, 2.45) is 5.92 Å². The molecule has 0 aromatic rings. The Morgan fingerprint density at radius 2 is 1.92 bits per heavy atom. The van der Waals surface area contributed by atoms with Crippen molar-refractivity contribution in [3.8, 4) is 0 Å². The minimum absolute atomic E-state index is 0.920. The van der Waals surface area contributed by atoms with Crippen molar-refractivity contribution in [3.63, 3.8) is 0 Å². The summed E-state index contributed by atoms with van der Waals surface area (Å²) in [5, 5.41) is 6.70. The number of rotatable bonds is 9. The highest BCUT2D eigenvalue weighted by Gasteiger charge is 2.19. The zero-order chi connectivity index (χ0) is 9.36. The van der Waals surface area contributed by atoms with Crippen LogP contribution in [0.15, 0.2) is 12.7 Å². The molecule has 2 heteroatoms. The predicted octanol–water partition coefficient (Wildman–Crippen LogP) is 1.54. The van der Waals surface area contributed by atoms with Crippen LogP contribution in [0.4, 0.5) is 0 Å². The summed E-state index contributed by atoms with van der Waals surface area (Å²) in [5.41, 5.74) is 0. The van der Waals surface area contributed by atoms with Gasteiger partial charge >= 0.3 is 0 Å². The Morgan fingerprint density at radius 1 is 1.15 bits per heavy atom. The second kappa shape index (κ2) is 7.10. The third-order valence-electron chi connectivity index (χ3n) is 2.43. The molecule has 0 amide bonds. The summed E-state index contributed by atoms with van der Waals surface area (Å²) in [7, 11) is 0. The molecule has 76 valence electrons. The molecule has 0 bridgehead atoms. The molecule has 1 aliphatic carbocycles. The van der Waals surface area contributed by atoms with E-state index < -0.39 is 0 Å². The third-order valence-corrected chi connectivity index (χ3v) is 2.43. The number of nitrogens with one attached hydrogen (secondary N) is 2. The van der Waals surface area contributed by atoms with Gasteiger partial charge in [0.25, 0.3) is 0 Å². The van der Waals surface area contributed by atoms with E-state index in [-0.39, 0.29) is 0 Å². The van der Waals surface area contributed by atoms with E-state index in [4.69, 9.17) is 0 Å². The first kappa shape index (κ1) is 10.7. The topological polar surface area (TPSA) is 24.1 Å². The standard InChI is InChI=1S/C11H22N2/c1-2-7-12-9-10-13-8-3-4-11-5-6-11/h2,11-13H,1,3-10H2. The van der Waals surface area contributed by atoms with Gasteiger partial charge in [0.05, 0.1) is 0 Å². The second-order valence-corrected chi connectivity index (χ2v) is 3.83. The van der Waals surface area contributed by atoms with Gasteiger partial charge in [-0.3, -0.25) is 0 Å². The molecule has 1 saturated carbocycles. The maximum absolute atomic E-state index is 3.65. The zero-order valence-electron chi connectivity index (χ0n) is 8.52. The average Bonchev–Trinajstić information content (AvgIpc) is 2.93. The highest BCUT2D eigenvalue weighted by molar-refractivity contribution is 4.73. The molecule has 0 saturated heterocycles. The summed E-state index contributed by atoms with van der Waals surface area (Å²) in [5.74, 6) is 1.08. The minimum Gasteiger partial charge on any atom is -0.315 e. The molecule has 0 radical (unpaired) electrons. The normalized spacial score (nSPS) is 16.0. The van der Waals surface area contributed by atoms with Gasteiger partial charge in [0.2, 0.25) is 0 Å². The van der Waals surface area contributed by atoms with Crippen molar-refractivity contribution >= 4 is 0 Å². The average molecular weight is 182 g/mol. The lowest BCUT2D eigenvalue weighted by atomic mass is 10.2. The van der Waals surface area contributed by atoms with Crippen molar-refractivity contribution < 1.29 is 0 Å². The summed E-state index contributed by atoms with van der Waals surface area (Å²) in [4.78, 5) is 0. The summed E-state index contributed by atoms with van der Waals surface area (Å²) in [6.45, 7) is 7.89. The first-order valence-corrected chi connectivity index (χ1v) is 5.46. The maximum Gasteiger partial charge on any atom is 0.0132 e. The Bertz CT molecular complexity index is 130. The van der Waals surface area contributed by atoms with Gasteiger partial charge in [0.15, 0.2) is 0 Å². The highest BCUT2D eigenvalue weighted by Crippen LogP contribution is 2.33. The van der Waals surface area contributed by atoms with Crippen molar-refractivity contribution in [2.75, 3.05) is 26.2 Å². The van der Waals surface area contributed by atoms with Crippen LogP contribution in [0.1, 0.15) is 25.7 Å². The lowest BCUT2D eigenvalue weighted by Crippen LogP contribution is -2.27. The van der Waals surface area contributed by atoms with Crippen LogP contribution in [0.2, 0.25) is 0 Å². The van der Waals surface area contributed by atoms with Gasteiger partial charge in [0, 0.05) is 19.6 Å². The van der Waals surface area contributed by atoms with E-state index in [1.165, 1.54) is 32.2 Å². The van der Waals surface area contributed by atoms with Crippen LogP contribution in [0.25, 0.3) is 0 Å². The minimum atomic E-state index is 0.920. The van der Waals surface area contributed by atoms with E-state index in [1.54, 1.807) is 0 Å². The molecule has 0 heterocycles. The highest BCUT2D eigenvalue weighted by atomic mass is 14.9. The molecular formula is C11H22N2. The molecule has 1 fully saturated rings. The van der Waals surface area contributed by atoms with Gasteiger partial charge in [-0.2, -0.15) is 0 Å². The van der Waals surface area contributed by atoms with E-state index in [0.29, 0.717) is 0 Å². The Balaban J connectivity index is 1.65. The van der Waals surface area contributed by atoms with E-state index in [1.807, 2.05) is 6.08 Å². The Kier molecular flexibility index (Phi) is 5.87. The SMILES string of the molecule is C=CCNCCNCCCC1CC1. The van der Waals surface area contributed by atoms with Crippen LogP contribution >= 0.6 is 0 Å². The maximum atomic E-state index is 3.65. The molecule has 2 N–H and O–H groups in total. The molecule has 1 rings (SSSR count). The second-order valence-electron chi connectivity index (χ2n) is 3.83. The van der Waals surface area contributed by atoms with E-state index in [9.17, 15) is 0 Å². The van der Waals surface area contributed by atoms with E-state index >= 15 is 0 Å². The summed E-state index contributed by atoms with van der Waals surface area (Å²) in [6, 6.07) is 0. The Morgan fingerprint density at radius 3 is 2.62 bits per heavy atom. The van der Waals surface area contributed by atoms with Crippen molar-refractivity contribution in [1.82, 2.24) is 10.6 Å². The summed E-state index contributed by atoms with van der Waals surface area (Å²) >= 11 is 0. The molecule has 0 atom stereocenters. The fourth-order valence-electron chi connectivity index (χ4n) is 1.43. The number of hydrogen-bond acceptors (Lipinski definition) is 2. The summed E-state index contributed by atoms with van der Waals surface area (Å²) < 4.78 is 0. The number of hydrogen-bond donors (Lipinski definition) is 2. The molecule has 0 aromatic carbocycles. The van der Waals surface area contributed by atoms with Gasteiger partial charge in [-0.1, -0.05) is 18.9 Å². The van der Waals surface area contributed by atoms with Crippen molar-refractivity contribution in [2.45, 2.75) is 25.7 Å². The molecule has 13 heavy (non-hydrogen) atoms. The first-order valence-electron chi connectivity index (χ1n) is 5.46. The molecule has 0 unspecified atom stereocenters. The molecule has 0 aliphatic heterocycles. The fraction of sp³-hybridized carbons (Fsp3) is 0.818. The van der Waals surface area contributed by atoms with Gasteiger partial charge in [-0.25, -0.2) is 0 Å². The lowest BCUT2D eigenvalue weighted by molar-refractivity contribution is 0.579. The van der Waals surface area contributed by atoms with Crippen molar-refractivity contribution in [3.05, 3.63) is 12.7 Å². The van der Waals surface area contributed by atoms with Crippen LogP contribution in [0.3, 0.4) is 0 Å². The van der Waals surface area contributed by atoms with Crippen LogP contribution in [-0.4, -0.2) is 26.2 Å². The fourth-order valence-corrected chi connectivity index (χ4v) is 1.43. The zero-order valence-corrected chi connectivity index (χ0v) is 8.52. The lowest BCUT2D eigenvalue weighted by Gasteiger charge is -2.04. The van der Waals surface area contributed by atoms with E-state index in [0.717, 1.165) is 25.6 Å². The van der Waals surface area contributed by atoms with Gasteiger partial charge in [0.1, 0.15) is 0 Å². The molecule has 0 aromatic heterocycles. The van der Waals surface area contributed by atoms with Gasteiger partial charge < -0.3 is 10.6 Å². The largest absolute Gasteiger partial charge is 0.315 e. The molecule has 2 nitrogen and oxygen atoms in total. The third kappa shape index (κ3) is 6.79. The van der Waals surface area contributed by atoms with Crippen LogP contribution in [0.5, 0.6) is 0 Å². The van der Waals surface area contributed by atoms with Gasteiger partial charge in [-0.05, 0) is 25.3 Å². The van der Waals surface area contributed by atoms with Crippen LogP contribution in [0, 0.1) is 5.92 Å². The Labute approximate surface area is 81.8 Å². The van der Waals surface area contributed by atoms with Crippen LogP contribution < -0.4 is 10.6 Å². The van der Waals surface area contributed by atoms with E-state index in [2.05, 4.69) is 17.2 Å². The Hall–Kier alpha value is -0.340. The van der Waals surface area contributed by atoms with Crippen molar-refractivity contribution in [1.29, 1.82) is 0 Å². The molecular weight excluding hydrogens is 160 g/mol. The first-order chi connectivity index (χ1) is 6.43. The van der Waals surface area contributed by atoms with Gasteiger partial charge in [-0.15, -0.1) is 6.58 Å². The van der Waals surface area contributed by atoms with Crippen LogP contribution in [-0.2, 0) is 0 Å². The summed E-state index contributed by atoms with van der Waals surface area (Å²) in [6.07, 6.45) is 7.66. The quantitative estimate of drug-likeness (QED) is 0.417. The smallest absolute Gasteiger partial charge is 0.0132 e. The molecule has 0 spiro atoms. The predicted molar refractivity (Wildman–Crippen MR) is 57.9 cm³/mol. The monoisotopic (exact) mass is 182 g/mol. The molecule has 1 aliphatic rings.